The average molecular weight is 569 g/mol. The van der Waals surface area contributed by atoms with Crippen molar-refractivity contribution in [2.75, 3.05) is 13.2 Å². The Morgan fingerprint density at radius 3 is 2.08 bits per heavy atom. The Labute approximate surface area is 235 Å². The van der Waals surface area contributed by atoms with Crippen LogP contribution in [-0.4, -0.2) is 37.2 Å². The van der Waals surface area contributed by atoms with E-state index in [0.29, 0.717) is 28.4 Å². The standard InChI is InChI=1S/C29H39Cl2NO6/c1-7-11-20(12-8-2)27(33)36-15-10-16-37-28(34)23-18(5)32-19(6)24(29(35)38-17(3)4)25(23)21-13-9-14-22(30)26(21)31/h9,13-14,17,20,25,32H,7-8,10-12,15-16H2,1-6H3. The van der Waals surface area contributed by atoms with Crippen LogP contribution in [0.2, 0.25) is 10.0 Å². The topological polar surface area (TPSA) is 90.9 Å². The Morgan fingerprint density at radius 2 is 1.50 bits per heavy atom. The van der Waals surface area contributed by atoms with E-state index in [4.69, 9.17) is 37.4 Å². The zero-order chi connectivity index (χ0) is 28.4. The van der Waals surface area contributed by atoms with Gasteiger partial charge in [-0.25, -0.2) is 9.59 Å². The minimum atomic E-state index is -0.845. The highest BCUT2D eigenvalue weighted by Gasteiger charge is 2.39. The van der Waals surface area contributed by atoms with E-state index >= 15 is 0 Å². The van der Waals surface area contributed by atoms with Crippen LogP contribution >= 0.6 is 23.2 Å². The highest BCUT2D eigenvalue weighted by atomic mass is 35.5. The van der Waals surface area contributed by atoms with Crippen molar-refractivity contribution in [2.24, 2.45) is 5.92 Å². The lowest BCUT2D eigenvalue weighted by atomic mass is 9.80. The van der Waals surface area contributed by atoms with Gasteiger partial charge in [0.15, 0.2) is 0 Å². The lowest BCUT2D eigenvalue weighted by molar-refractivity contribution is -0.149. The number of nitrogens with one attached hydrogen (secondary N) is 1. The van der Waals surface area contributed by atoms with Crippen LogP contribution in [-0.2, 0) is 28.6 Å². The summed E-state index contributed by atoms with van der Waals surface area (Å²) >= 11 is 12.9. The molecule has 0 bridgehead atoms. The summed E-state index contributed by atoms with van der Waals surface area (Å²) in [6, 6.07) is 5.07. The Kier molecular flexibility index (Phi) is 12.7. The molecule has 0 amide bonds. The molecule has 9 heteroatoms. The fourth-order valence-corrected chi connectivity index (χ4v) is 4.95. The Balaban J connectivity index is 2.22. The van der Waals surface area contributed by atoms with Gasteiger partial charge in [-0.05, 0) is 52.2 Å². The summed E-state index contributed by atoms with van der Waals surface area (Å²) in [6.45, 7) is 11.3. The van der Waals surface area contributed by atoms with E-state index in [-0.39, 0.29) is 47.4 Å². The van der Waals surface area contributed by atoms with Crippen LogP contribution in [0.25, 0.3) is 0 Å². The number of carbonyl (C=O) groups is 3. The number of esters is 3. The quantitative estimate of drug-likeness (QED) is 0.158. The van der Waals surface area contributed by atoms with Crippen LogP contribution in [0.3, 0.4) is 0 Å². The van der Waals surface area contributed by atoms with Crippen molar-refractivity contribution >= 4 is 41.1 Å². The second-order valence-corrected chi connectivity index (χ2v) is 10.4. The Hall–Kier alpha value is -2.51. The molecule has 210 valence electrons. The van der Waals surface area contributed by atoms with Gasteiger partial charge in [-0.1, -0.05) is 62.0 Å². The van der Waals surface area contributed by atoms with Gasteiger partial charge in [0.25, 0.3) is 0 Å². The molecule has 1 heterocycles. The number of halogens is 2. The summed E-state index contributed by atoms with van der Waals surface area (Å²) in [5, 5.41) is 3.65. The van der Waals surface area contributed by atoms with E-state index in [0.717, 1.165) is 25.7 Å². The van der Waals surface area contributed by atoms with Crippen molar-refractivity contribution in [3.8, 4) is 0 Å². The zero-order valence-electron chi connectivity index (χ0n) is 23.1. The summed E-state index contributed by atoms with van der Waals surface area (Å²) in [5.74, 6) is -2.33. The number of rotatable bonds is 13. The first-order chi connectivity index (χ1) is 18.0. The minimum Gasteiger partial charge on any atom is -0.465 e. The number of hydrogen-bond acceptors (Lipinski definition) is 7. The van der Waals surface area contributed by atoms with Crippen molar-refractivity contribution < 1.29 is 28.6 Å². The highest BCUT2D eigenvalue weighted by Crippen LogP contribution is 2.43. The number of carbonyl (C=O) groups excluding carboxylic acids is 3. The lowest BCUT2D eigenvalue weighted by Gasteiger charge is -2.31. The minimum absolute atomic E-state index is 0.0413. The van der Waals surface area contributed by atoms with Gasteiger partial charge < -0.3 is 19.5 Å². The number of allylic oxidation sites excluding steroid dienone is 2. The molecule has 1 aliphatic rings. The van der Waals surface area contributed by atoms with Crippen molar-refractivity contribution in [1.82, 2.24) is 5.32 Å². The molecule has 0 aromatic heterocycles. The van der Waals surface area contributed by atoms with Crippen molar-refractivity contribution in [1.29, 1.82) is 0 Å². The normalized spacial score (nSPS) is 15.6. The number of hydrogen-bond donors (Lipinski definition) is 1. The Bertz CT molecular complexity index is 1070. The molecule has 1 aliphatic heterocycles. The summed E-state index contributed by atoms with van der Waals surface area (Å²) in [5.41, 5.74) is 2.06. The molecule has 1 aromatic rings. The number of dihydropyridines is 1. The van der Waals surface area contributed by atoms with E-state index in [1.165, 1.54) is 0 Å². The second-order valence-electron chi connectivity index (χ2n) is 9.66. The third-order valence-corrected chi connectivity index (χ3v) is 7.04. The molecule has 0 fully saturated rings. The third kappa shape index (κ3) is 8.24. The first kappa shape index (κ1) is 31.7. The lowest BCUT2D eigenvalue weighted by Crippen LogP contribution is -2.33. The SMILES string of the molecule is CCCC(CCC)C(=O)OCCCOC(=O)C1=C(C)NC(C)=C(C(=O)OC(C)C)C1c1cccc(Cl)c1Cl. The summed E-state index contributed by atoms with van der Waals surface area (Å²) in [7, 11) is 0. The maximum atomic E-state index is 13.4. The fourth-order valence-electron chi connectivity index (χ4n) is 4.54. The van der Waals surface area contributed by atoms with Crippen LogP contribution < -0.4 is 5.32 Å². The van der Waals surface area contributed by atoms with Gasteiger partial charge in [0.05, 0.1) is 52.3 Å². The van der Waals surface area contributed by atoms with Gasteiger partial charge in [0.2, 0.25) is 0 Å². The molecule has 0 saturated carbocycles. The maximum absolute atomic E-state index is 13.4. The summed E-state index contributed by atoms with van der Waals surface area (Å²) < 4.78 is 16.5. The number of benzene rings is 1. The van der Waals surface area contributed by atoms with Gasteiger partial charge >= 0.3 is 17.9 Å². The number of ether oxygens (including phenoxy) is 3. The van der Waals surface area contributed by atoms with Gasteiger partial charge in [-0.3, -0.25) is 4.79 Å². The molecule has 7 nitrogen and oxygen atoms in total. The smallest absolute Gasteiger partial charge is 0.337 e. The van der Waals surface area contributed by atoms with Crippen LogP contribution in [0.15, 0.2) is 40.7 Å². The van der Waals surface area contributed by atoms with Crippen LogP contribution in [0, 0.1) is 5.92 Å². The zero-order valence-corrected chi connectivity index (χ0v) is 24.6. The summed E-state index contributed by atoms with van der Waals surface area (Å²) in [6.07, 6.45) is 3.41. The van der Waals surface area contributed by atoms with Crippen LogP contribution in [0.4, 0.5) is 0 Å². The second kappa shape index (κ2) is 15.2. The molecule has 0 radical (unpaired) electrons. The Morgan fingerprint density at radius 1 is 0.921 bits per heavy atom. The first-order valence-corrected chi connectivity index (χ1v) is 14.0. The molecule has 0 saturated heterocycles. The van der Waals surface area contributed by atoms with Crippen LogP contribution in [0.1, 0.15) is 85.1 Å². The monoisotopic (exact) mass is 567 g/mol. The molecule has 2 rings (SSSR count). The molecule has 1 unspecified atom stereocenters. The van der Waals surface area contributed by atoms with Gasteiger partial charge in [0, 0.05) is 17.8 Å². The van der Waals surface area contributed by atoms with Crippen molar-refractivity contribution in [2.45, 2.75) is 85.7 Å². The van der Waals surface area contributed by atoms with Crippen LogP contribution in [0.5, 0.6) is 0 Å². The first-order valence-electron chi connectivity index (χ1n) is 13.2. The van der Waals surface area contributed by atoms with Crippen molar-refractivity contribution in [3.63, 3.8) is 0 Å². The highest BCUT2D eigenvalue weighted by molar-refractivity contribution is 6.42. The molecule has 1 atom stereocenters. The molecule has 0 aliphatic carbocycles. The molecule has 1 N–H and O–H groups in total. The average Bonchev–Trinajstić information content (AvgIpc) is 2.84. The predicted molar refractivity (Wildman–Crippen MR) is 149 cm³/mol. The molecule has 38 heavy (non-hydrogen) atoms. The van der Waals surface area contributed by atoms with E-state index < -0.39 is 17.9 Å². The molecule has 0 spiro atoms. The fraction of sp³-hybridized carbons (Fsp3) is 0.552. The summed E-state index contributed by atoms with van der Waals surface area (Å²) in [4.78, 5) is 38.9. The predicted octanol–water partition coefficient (Wildman–Crippen LogP) is 6.87. The maximum Gasteiger partial charge on any atom is 0.337 e. The molecular formula is C29H39Cl2NO6. The van der Waals surface area contributed by atoms with E-state index in [9.17, 15) is 14.4 Å². The van der Waals surface area contributed by atoms with E-state index in [1.54, 1.807) is 45.9 Å². The molecule has 1 aromatic carbocycles. The third-order valence-electron chi connectivity index (χ3n) is 6.21. The van der Waals surface area contributed by atoms with Gasteiger partial charge in [-0.2, -0.15) is 0 Å². The van der Waals surface area contributed by atoms with E-state index in [2.05, 4.69) is 5.32 Å². The van der Waals surface area contributed by atoms with E-state index in [1.807, 2.05) is 13.8 Å². The molecular weight excluding hydrogens is 529 g/mol. The van der Waals surface area contributed by atoms with Crippen molar-refractivity contribution in [3.05, 3.63) is 56.3 Å². The van der Waals surface area contributed by atoms with Gasteiger partial charge in [-0.15, -0.1) is 0 Å². The van der Waals surface area contributed by atoms with Gasteiger partial charge in [0.1, 0.15) is 0 Å². The largest absolute Gasteiger partial charge is 0.465 e.